The SMILES string of the molecule is O=C(NCCC1=CCCCC1)N1CCC(c2nc(C(=O)N3CCN(c4c(Cl)cncc4Cl)CC3)cs2)CC1. The lowest BCUT2D eigenvalue weighted by Crippen LogP contribution is -2.49. The molecule has 0 aromatic carbocycles. The van der Waals surface area contributed by atoms with Gasteiger partial charge in [0.05, 0.1) is 20.7 Å². The van der Waals surface area contributed by atoms with Crippen molar-refractivity contribution in [3.8, 4) is 0 Å². The lowest BCUT2D eigenvalue weighted by molar-refractivity contribution is 0.0741. The highest BCUT2D eigenvalue weighted by atomic mass is 35.5. The van der Waals surface area contributed by atoms with Gasteiger partial charge in [0, 0.05) is 69.5 Å². The molecule has 2 aromatic heterocycles. The van der Waals surface area contributed by atoms with Crippen LogP contribution in [0.25, 0.3) is 0 Å². The van der Waals surface area contributed by atoms with Gasteiger partial charge in [-0.2, -0.15) is 0 Å². The van der Waals surface area contributed by atoms with E-state index in [1.54, 1.807) is 23.7 Å². The molecule has 1 aliphatic carbocycles. The summed E-state index contributed by atoms with van der Waals surface area (Å²) in [5.74, 6) is 0.245. The Hall–Kier alpha value is -2.36. The van der Waals surface area contributed by atoms with E-state index in [2.05, 4.69) is 21.3 Å². The molecule has 2 saturated heterocycles. The van der Waals surface area contributed by atoms with E-state index >= 15 is 0 Å². The van der Waals surface area contributed by atoms with E-state index < -0.39 is 0 Å². The summed E-state index contributed by atoms with van der Waals surface area (Å²) < 4.78 is 0. The first-order valence-corrected chi connectivity index (χ1v) is 15.1. The topological polar surface area (TPSA) is 81.7 Å². The highest BCUT2D eigenvalue weighted by Crippen LogP contribution is 2.34. The Bertz CT molecular complexity index is 1150. The predicted octanol–water partition coefficient (Wildman–Crippen LogP) is 5.59. The van der Waals surface area contributed by atoms with Crippen LogP contribution in [-0.2, 0) is 0 Å². The normalized spacial score (nSPS) is 18.9. The molecule has 8 nitrogen and oxygen atoms in total. The van der Waals surface area contributed by atoms with Crippen molar-refractivity contribution >= 4 is 52.2 Å². The molecule has 2 fully saturated rings. The van der Waals surface area contributed by atoms with Crippen molar-refractivity contribution in [2.75, 3.05) is 50.7 Å². The average Bonchev–Trinajstić information content (AvgIpc) is 3.44. The summed E-state index contributed by atoms with van der Waals surface area (Å²) in [6, 6.07) is 0.0309. The smallest absolute Gasteiger partial charge is 0.317 e. The minimum Gasteiger partial charge on any atom is -0.365 e. The number of likely N-dealkylation sites (tertiary alicyclic amines) is 1. The Labute approximate surface area is 238 Å². The number of aromatic nitrogens is 2. The van der Waals surface area contributed by atoms with Crippen LogP contribution in [0.1, 0.15) is 66.4 Å². The summed E-state index contributed by atoms with van der Waals surface area (Å²) in [6.45, 7) is 4.57. The molecule has 1 N–H and O–H groups in total. The number of carbonyl (C=O) groups excluding carboxylic acids is 2. The fraction of sp³-hybridized carbons (Fsp3) is 0.556. The first-order chi connectivity index (χ1) is 18.5. The molecule has 0 saturated carbocycles. The fourth-order valence-corrected chi connectivity index (χ4v) is 7.05. The number of halogens is 2. The number of allylic oxidation sites excluding steroid dienone is 1. The van der Waals surface area contributed by atoms with Crippen molar-refractivity contribution in [3.05, 3.63) is 50.2 Å². The Kier molecular flexibility index (Phi) is 9.07. The second-order valence-electron chi connectivity index (χ2n) is 10.2. The molecular weight excluding hydrogens is 543 g/mol. The van der Waals surface area contributed by atoms with Gasteiger partial charge in [0.25, 0.3) is 5.91 Å². The molecule has 2 aromatic rings. The van der Waals surface area contributed by atoms with E-state index in [1.807, 2.05) is 15.2 Å². The summed E-state index contributed by atoms with van der Waals surface area (Å²) in [6.07, 6.45) is 13.1. The van der Waals surface area contributed by atoms with Gasteiger partial charge in [0.2, 0.25) is 0 Å². The molecule has 0 radical (unpaired) electrons. The second kappa shape index (κ2) is 12.7. The Morgan fingerprint density at radius 1 is 1.00 bits per heavy atom. The zero-order valence-electron chi connectivity index (χ0n) is 21.5. The third kappa shape index (κ3) is 6.43. The van der Waals surface area contributed by atoms with E-state index in [0.29, 0.717) is 61.6 Å². The maximum absolute atomic E-state index is 13.2. The zero-order valence-corrected chi connectivity index (χ0v) is 23.8. The molecule has 0 spiro atoms. The van der Waals surface area contributed by atoms with Gasteiger partial charge < -0.3 is 20.0 Å². The van der Waals surface area contributed by atoms with E-state index in [-0.39, 0.29) is 17.9 Å². The second-order valence-corrected chi connectivity index (χ2v) is 11.9. The number of rotatable bonds is 6. The van der Waals surface area contributed by atoms with Crippen molar-refractivity contribution < 1.29 is 9.59 Å². The first-order valence-electron chi connectivity index (χ1n) is 13.5. The largest absolute Gasteiger partial charge is 0.365 e. The number of piperazine rings is 1. The standard InChI is InChI=1S/C27H34Cl2N6O2S/c28-21-16-30-17-22(29)24(21)33-12-14-34(15-13-33)26(36)23-18-38-25(32-23)20-7-10-35(11-8-20)27(37)31-9-6-19-4-2-1-3-5-19/h4,16-18,20H,1-3,5-15H2,(H,31,37). The van der Waals surface area contributed by atoms with E-state index in [9.17, 15) is 9.59 Å². The summed E-state index contributed by atoms with van der Waals surface area (Å²) in [5, 5.41) is 6.99. The molecule has 3 amide bonds. The molecule has 38 heavy (non-hydrogen) atoms. The number of hydrogen-bond donors (Lipinski definition) is 1. The fourth-order valence-electron chi connectivity index (χ4n) is 5.48. The lowest BCUT2D eigenvalue weighted by Gasteiger charge is -2.36. The number of anilines is 1. The molecule has 0 bridgehead atoms. The first kappa shape index (κ1) is 27.2. The lowest BCUT2D eigenvalue weighted by atomic mass is 9.97. The van der Waals surface area contributed by atoms with Gasteiger partial charge in [-0.05, 0) is 44.9 Å². The number of nitrogens with one attached hydrogen (secondary N) is 1. The van der Waals surface area contributed by atoms with Crippen molar-refractivity contribution in [1.82, 2.24) is 25.1 Å². The minimum absolute atomic E-state index is 0.0309. The Balaban J connectivity index is 1.07. The van der Waals surface area contributed by atoms with Crippen LogP contribution in [0.4, 0.5) is 10.5 Å². The van der Waals surface area contributed by atoms with Crippen LogP contribution in [0, 0.1) is 0 Å². The van der Waals surface area contributed by atoms with Crippen LogP contribution < -0.4 is 10.2 Å². The molecule has 204 valence electrons. The highest BCUT2D eigenvalue weighted by Gasteiger charge is 2.29. The number of urea groups is 1. The van der Waals surface area contributed by atoms with Crippen LogP contribution in [-0.4, -0.2) is 77.5 Å². The third-order valence-electron chi connectivity index (χ3n) is 7.69. The summed E-state index contributed by atoms with van der Waals surface area (Å²) in [5.41, 5.74) is 2.76. The van der Waals surface area contributed by atoms with Gasteiger partial charge in [-0.25, -0.2) is 9.78 Å². The maximum Gasteiger partial charge on any atom is 0.317 e. The van der Waals surface area contributed by atoms with Crippen LogP contribution in [0.5, 0.6) is 0 Å². The van der Waals surface area contributed by atoms with Crippen LogP contribution >= 0.6 is 34.5 Å². The van der Waals surface area contributed by atoms with E-state index in [0.717, 1.165) is 30.0 Å². The molecule has 4 heterocycles. The van der Waals surface area contributed by atoms with Gasteiger partial charge in [-0.15, -0.1) is 11.3 Å². The van der Waals surface area contributed by atoms with Crippen molar-refractivity contribution in [3.63, 3.8) is 0 Å². The van der Waals surface area contributed by atoms with E-state index in [4.69, 9.17) is 28.2 Å². The molecule has 11 heteroatoms. The predicted molar refractivity (Wildman–Crippen MR) is 153 cm³/mol. The quantitative estimate of drug-likeness (QED) is 0.453. The molecule has 5 rings (SSSR count). The van der Waals surface area contributed by atoms with Crippen LogP contribution in [0.3, 0.4) is 0 Å². The molecule has 0 unspecified atom stereocenters. The summed E-state index contributed by atoms with van der Waals surface area (Å²) in [7, 11) is 0. The zero-order chi connectivity index (χ0) is 26.5. The van der Waals surface area contributed by atoms with E-state index in [1.165, 1.54) is 31.3 Å². The summed E-state index contributed by atoms with van der Waals surface area (Å²) in [4.78, 5) is 40.4. The number of carbonyl (C=O) groups is 2. The van der Waals surface area contributed by atoms with Crippen LogP contribution in [0.2, 0.25) is 10.0 Å². The maximum atomic E-state index is 13.2. The number of pyridine rings is 1. The average molecular weight is 578 g/mol. The minimum atomic E-state index is -0.0380. The number of thiazole rings is 1. The number of hydrogen-bond acceptors (Lipinski definition) is 6. The molecule has 3 aliphatic rings. The summed E-state index contributed by atoms with van der Waals surface area (Å²) >= 11 is 14.2. The van der Waals surface area contributed by atoms with Crippen LogP contribution in [0.15, 0.2) is 29.4 Å². The molecule has 0 atom stereocenters. The molecular formula is C27H34Cl2N6O2S. The monoisotopic (exact) mass is 576 g/mol. The number of amides is 3. The van der Waals surface area contributed by atoms with Gasteiger partial charge in [-0.1, -0.05) is 34.9 Å². The molecule has 2 aliphatic heterocycles. The van der Waals surface area contributed by atoms with Gasteiger partial charge in [0.1, 0.15) is 5.69 Å². The van der Waals surface area contributed by atoms with Crippen molar-refractivity contribution in [2.45, 2.75) is 50.9 Å². The third-order valence-corrected chi connectivity index (χ3v) is 9.25. The van der Waals surface area contributed by atoms with Gasteiger partial charge in [0.15, 0.2) is 0 Å². The van der Waals surface area contributed by atoms with Crippen molar-refractivity contribution in [2.24, 2.45) is 0 Å². The van der Waals surface area contributed by atoms with Crippen molar-refractivity contribution in [1.29, 1.82) is 0 Å². The Morgan fingerprint density at radius 3 is 2.42 bits per heavy atom. The number of nitrogens with zero attached hydrogens (tertiary/aromatic N) is 5. The van der Waals surface area contributed by atoms with Gasteiger partial charge >= 0.3 is 6.03 Å². The Morgan fingerprint density at radius 2 is 1.74 bits per heavy atom. The van der Waals surface area contributed by atoms with Gasteiger partial charge in [-0.3, -0.25) is 9.78 Å². The highest BCUT2D eigenvalue weighted by molar-refractivity contribution is 7.09. The number of piperidine rings is 1.